The molecule has 24 heavy (non-hydrogen) atoms. The van der Waals surface area contributed by atoms with Crippen molar-refractivity contribution in [2.24, 2.45) is 0 Å². The van der Waals surface area contributed by atoms with Gasteiger partial charge in [0.1, 0.15) is 0 Å². The smallest absolute Gasteiger partial charge is 0.0399 e. The van der Waals surface area contributed by atoms with Crippen LogP contribution < -0.4 is 10.2 Å². The van der Waals surface area contributed by atoms with Crippen LogP contribution in [0, 0.1) is 13.8 Å². The molecule has 0 saturated carbocycles. The second kappa shape index (κ2) is 12.0. The molecule has 2 nitrogen and oxygen atoms in total. The fraction of sp³-hybridized carbons (Fsp3) is 0.400. The molecule has 132 valence electrons. The molecule has 0 atom stereocenters. The molecule has 0 unspecified atom stereocenters. The van der Waals surface area contributed by atoms with E-state index in [-0.39, 0.29) is 0 Å². The molecule has 0 fully saturated rings. The van der Waals surface area contributed by atoms with Gasteiger partial charge >= 0.3 is 0 Å². The normalized spacial score (nSPS) is 9.88. The van der Waals surface area contributed by atoms with E-state index >= 15 is 0 Å². The third-order valence-electron chi connectivity index (χ3n) is 3.75. The summed E-state index contributed by atoms with van der Waals surface area (Å²) in [5, 5.41) is 3.23. The third kappa shape index (κ3) is 7.02. The number of nitrogens with one attached hydrogen (secondary N) is 1. The van der Waals surface area contributed by atoms with Crippen molar-refractivity contribution in [3.8, 4) is 0 Å². The van der Waals surface area contributed by atoms with Crippen molar-refractivity contribution < 1.29 is 0 Å². The third-order valence-corrected chi connectivity index (χ3v) is 4.11. The van der Waals surface area contributed by atoms with Gasteiger partial charge in [-0.25, -0.2) is 0 Å². The molecule has 0 saturated heterocycles. The fourth-order valence-corrected chi connectivity index (χ4v) is 2.72. The minimum absolute atomic E-state index is 0.647. The molecule has 0 spiro atoms. The SMILES string of the molecule is CCN(CCCl)c1ccccc1C.Cc1ccccc1NCCCl. The van der Waals surface area contributed by atoms with Gasteiger partial charge in [-0.15, -0.1) is 23.2 Å². The lowest BCUT2D eigenvalue weighted by molar-refractivity contribution is 0.865. The molecule has 0 amide bonds. The van der Waals surface area contributed by atoms with Crippen molar-refractivity contribution in [3.63, 3.8) is 0 Å². The van der Waals surface area contributed by atoms with Crippen LogP contribution in [-0.4, -0.2) is 31.4 Å². The van der Waals surface area contributed by atoms with Crippen LogP contribution in [0.2, 0.25) is 0 Å². The summed E-state index contributed by atoms with van der Waals surface area (Å²) in [7, 11) is 0. The maximum atomic E-state index is 5.74. The number of halogens is 2. The van der Waals surface area contributed by atoms with Crippen LogP contribution in [0.1, 0.15) is 18.1 Å². The molecule has 0 aliphatic heterocycles. The minimum Gasteiger partial charge on any atom is -0.384 e. The minimum atomic E-state index is 0.647. The number of nitrogens with zero attached hydrogens (tertiary/aromatic N) is 1. The highest BCUT2D eigenvalue weighted by atomic mass is 35.5. The van der Waals surface area contributed by atoms with E-state index in [2.05, 4.69) is 67.4 Å². The summed E-state index contributed by atoms with van der Waals surface area (Å²) in [6, 6.07) is 16.6. The van der Waals surface area contributed by atoms with Crippen molar-refractivity contribution >= 4 is 34.6 Å². The molecule has 0 heterocycles. The zero-order chi connectivity index (χ0) is 17.8. The summed E-state index contributed by atoms with van der Waals surface area (Å²) in [4.78, 5) is 2.29. The molecular weight excluding hydrogens is 339 g/mol. The van der Waals surface area contributed by atoms with E-state index in [1.54, 1.807) is 0 Å². The van der Waals surface area contributed by atoms with Gasteiger partial charge in [0, 0.05) is 42.8 Å². The Morgan fingerprint density at radius 2 is 1.50 bits per heavy atom. The number of aryl methyl sites for hydroxylation is 2. The molecule has 2 rings (SSSR count). The van der Waals surface area contributed by atoms with Crippen LogP contribution in [0.3, 0.4) is 0 Å². The largest absolute Gasteiger partial charge is 0.384 e. The van der Waals surface area contributed by atoms with Crippen LogP contribution in [0.5, 0.6) is 0 Å². The van der Waals surface area contributed by atoms with Crippen molar-refractivity contribution in [2.45, 2.75) is 20.8 Å². The van der Waals surface area contributed by atoms with Gasteiger partial charge < -0.3 is 10.2 Å². The standard InChI is InChI=1S/C11H16ClN.C9H12ClN/c1-3-13(9-8-12)11-7-5-4-6-10(11)2;1-8-4-2-3-5-9(8)11-7-6-10/h4-7H,3,8-9H2,1-2H3;2-5,11H,6-7H2,1H3. The first-order valence-corrected chi connectivity index (χ1v) is 9.42. The number of hydrogen-bond donors (Lipinski definition) is 1. The van der Waals surface area contributed by atoms with Gasteiger partial charge in [-0.05, 0) is 44.0 Å². The first-order chi connectivity index (χ1) is 11.6. The first kappa shape index (κ1) is 20.7. The maximum Gasteiger partial charge on any atom is 0.0399 e. The quantitative estimate of drug-likeness (QED) is 0.631. The van der Waals surface area contributed by atoms with Gasteiger partial charge in [0.05, 0.1) is 0 Å². The Morgan fingerprint density at radius 1 is 0.875 bits per heavy atom. The molecule has 1 N–H and O–H groups in total. The van der Waals surface area contributed by atoms with Crippen LogP contribution >= 0.6 is 23.2 Å². The molecule has 0 radical (unpaired) electrons. The lowest BCUT2D eigenvalue weighted by Gasteiger charge is -2.23. The average molecular weight is 367 g/mol. The lowest BCUT2D eigenvalue weighted by atomic mass is 10.2. The van der Waals surface area contributed by atoms with E-state index in [0.717, 1.165) is 19.6 Å². The first-order valence-electron chi connectivity index (χ1n) is 8.36. The Kier molecular flexibility index (Phi) is 10.4. The second-order valence-electron chi connectivity index (χ2n) is 5.49. The molecule has 2 aromatic rings. The van der Waals surface area contributed by atoms with Gasteiger partial charge in [0.15, 0.2) is 0 Å². The van der Waals surface area contributed by atoms with E-state index in [1.807, 2.05) is 12.1 Å². The molecule has 0 aliphatic carbocycles. The van der Waals surface area contributed by atoms with E-state index in [0.29, 0.717) is 11.8 Å². The van der Waals surface area contributed by atoms with Crippen molar-refractivity contribution in [3.05, 3.63) is 59.7 Å². The maximum absolute atomic E-state index is 5.74. The summed E-state index contributed by atoms with van der Waals surface area (Å²) in [5.41, 5.74) is 5.05. The number of hydrogen-bond acceptors (Lipinski definition) is 2. The highest BCUT2D eigenvalue weighted by Crippen LogP contribution is 2.18. The van der Waals surface area contributed by atoms with E-state index in [9.17, 15) is 0 Å². The molecule has 4 heteroatoms. The molecule has 0 bridgehead atoms. The Bertz CT molecular complexity index is 587. The predicted octanol–water partition coefficient (Wildman–Crippen LogP) is 5.71. The monoisotopic (exact) mass is 366 g/mol. The van der Waals surface area contributed by atoms with Gasteiger partial charge in [0.2, 0.25) is 0 Å². The van der Waals surface area contributed by atoms with Crippen LogP contribution in [-0.2, 0) is 0 Å². The Hall–Kier alpha value is -1.38. The summed E-state index contributed by atoms with van der Waals surface area (Å²) >= 11 is 11.3. The van der Waals surface area contributed by atoms with E-state index in [1.165, 1.54) is 22.5 Å². The summed E-state index contributed by atoms with van der Waals surface area (Å²) in [6.45, 7) is 9.12. The van der Waals surface area contributed by atoms with E-state index in [4.69, 9.17) is 23.2 Å². The highest BCUT2D eigenvalue weighted by molar-refractivity contribution is 6.18. The predicted molar refractivity (Wildman–Crippen MR) is 110 cm³/mol. The van der Waals surface area contributed by atoms with Crippen LogP contribution in [0.15, 0.2) is 48.5 Å². The van der Waals surface area contributed by atoms with Gasteiger partial charge in [-0.1, -0.05) is 36.4 Å². The lowest BCUT2D eigenvalue weighted by Crippen LogP contribution is -2.25. The van der Waals surface area contributed by atoms with Gasteiger partial charge in [0.25, 0.3) is 0 Å². The summed E-state index contributed by atoms with van der Waals surface area (Å²) in [5.74, 6) is 1.33. The zero-order valence-electron chi connectivity index (χ0n) is 14.9. The number of para-hydroxylation sites is 2. The Labute approximate surface area is 156 Å². The highest BCUT2D eigenvalue weighted by Gasteiger charge is 2.04. The number of benzene rings is 2. The van der Waals surface area contributed by atoms with Gasteiger partial charge in [-0.3, -0.25) is 0 Å². The Balaban J connectivity index is 0.000000243. The molecule has 0 aliphatic rings. The van der Waals surface area contributed by atoms with Crippen LogP contribution in [0.4, 0.5) is 11.4 Å². The number of alkyl halides is 2. The summed E-state index contributed by atoms with van der Waals surface area (Å²) < 4.78 is 0. The second-order valence-corrected chi connectivity index (χ2v) is 6.24. The van der Waals surface area contributed by atoms with Crippen molar-refractivity contribution in [2.75, 3.05) is 41.6 Å². The fourth-order valence-electron chi connectivity index (χ4n) is 2.42. The van der Waals surface area contributed by atoms with Crippen molar-refractivity contribution in [1.29, 1.82) is 0 Å². The number of anilines is 2. The Morgan fingerprint density at radius 3 is 2.04 bits per heavy atom. The topological polar surface area (TPSA) is 15.3 Å². The molecule has 2 aromatic carbocycles. The van der Waals surface area contributed by atoms with Crippen molar-refractivity contribution in [1.82, 2.24) is 0 Å². The van der Waals surface area contributed by atoms with Crippen LogP contribution in [0.25, 0.3) is 0 Å². The zero-order valence-corrected chi connectivity index (χ0v) is 16.4. The summed E-state index contributed by atoms with van der Waals surface area (Å²) in [6.07, 6.45) is 0. The molecular formula is C20H28Cl2N2. The molecule has 0 aromatic heterocycles. The van der Waals surface area contributed by atoms with E-state index < -0.39 is 0 Å². The van der Waals surface area contributed by atoms with Gasteiger partial charge in [-0.2, -0.15) is 0 Å². The number of rotatable bonds is 7. The average Bonchev–Trinajstić information content (AvgIpc) is 2.60.